The van der Waals surface area contributed by atoms with Crippen LogP contribution in [0.25, 0.3) is 0 Å². The zero-order chi connectivity index (χ0) is 18.1. The van der Waals surface area contributed by atoms with Crippen LogP contribution in [0.15, 0.2) is 48.5 Å². The molecule has 26 heavy (non-hydrogen) atoms. The summed E-state index contributed by atoms with van der Waals surface area (Å²) in [4.78, 5) is 14.9. The van der Waals surface area contributed by atoms with Crippen LogP contribution in [0.2, 0.25) is 0 Å². The number of rotatable bonds is 2. The van der Waals surface area contributed by atoms with Crippen LogP contribution < -0.4 is 10.6 Å². The average molecular weight is 351 g/mol. The Balaban J connectivity index is 1.67. The van der Waals surface area contributed by atoms with Crippen LogP contribution in [-0.4, -0.2) is 29.0 Å². The molecule has 0 aromatic heterocycles. The Labute approximate surface area is 154 Å². The minimum atomic E-state index is -0.210. The molecule has 2 amide bonds. The van der Waals surface area contributed by atoms with Crippen LogP contribution in [0.1, 0.15) is 49.3 Å². The Kier molecular flexibility index (Phi) is 4.55. The highest BCUT2D eigenvalue weighted by Gasteiger charge is 2.35. The fourth-order valence-electron chi connectivity index (χ4n) is 4.11. The Bertz CT molecular complexity index is 756. The first-order valence-electron chi connectivity index (χ1n) is 9.33. The second kappa shape index (κ2) is 7.00. The fourth-order valence-corrected chi connectivity index (χ4v) is 4.11. The van der Waals surface area contributed by atoms with E-state index in [2.05, 4.69) is 0 Å². The molecule has 4 rings (SSSR count). The van der Waals surface area contributed by atoms with Gasteiger partial charge in [-0.25, -0.2) is 10.6 Å². The molecule has 0 saturated heterocycles. The van der Waals surface area contributed by atoms with Crippen LogP contribution in [0, 0.1) is 0 Å². The lowest BCUT2D eigenvalue weighted by atomic mass is 9.93. The number of nitrogens with zero attached hydrogens (tertiary/aromatic N) is 2. The summed E-state index contributed by atoms with van der Waals surface area (Å²) in [7, 11) is 1.83. The van der Waals surface area contributed by atoms with Crippen LogP contribution in [0.3, 0.4) is 0 Å². The van der Waals surface area contributed by atoms with Crippen molar-refractivity contribution < 1.29 is 9.53 Å². The molecule has 2 aliphatic rings. The second-order valence-electron chi connectivity index (χ2n) is 7.17. The van der Waals surface area contributed by atoms with Gasteiger partial charge >= 0.3 is 6.03 Å². The van der Waals surface area contributed by atoms with E-state index < -0.39 is 0 Å². The van der Waals surface area contributed by atoms with E-state index >= 15 is 0 Å². The van der Waals surface area contributed by atoms with Crippen molar-refractivity contribution >= 4 is 6.03 Å². The third kappa shape index (κ3) is 2.92. The molecule has 0 spiro atoms. The van der Waals surface area contributed by atoms with E-state index in [1.807, 2.05) is 55.6 Å². The fraction of sp³-hybridized carbons (Fsp3) is 0.381. The molecule has 136 valence electrons. The maximum Gasteiger partial charge on any atom is 0.334 e. The van der Waals surface area contributed by atoms with E-state index in [0.29, 0.717) is 0 Å². The maximum absolute atomic E-state index is 13.1. The highest BCUT2D eigenvalue weighted by Crippen LogP contribution is 2.45. The zero-order valence-electron chi connectivity index (χ0n) is 15.1. The maximum atomic E-state index is 13.1. The molecule has 0 radical (unpaired) electrons. The minimum absolute atomic E-state index is 0.129. The first-order valence-corrected chi connectivity index (χ1v) is 9.33. The Morgan fingerprint density at radius 1 is 0.962 bits per heavy atom. The van der Waals surface area contributed by atoms with E-state index in [0.717, 1.165) is 48.3 Å². The number of amides is 2. The summed E-state index contributed by atoms with van der Waals surface area (Å²) in [6, 6.07) is 15.5. The lowest BCUT2D eigenvalue weighted by Gasteiger charge is -2.38. The summed E-state index contributed by atoms with van der Waals surface area (Å²) < 4.78 is 6.03. The molecule has 0 bridgehead atoms. The molecule has 1 heterocycles. The topological polar surface area (TPSA) is 58.8 Å². The summed E-state index contributed by atoms with van der Waals surface area (Å²) in [6.45, 7) is 0. The van der Waals surface area contributed by atoms with Crippen LogP contribution in [-0.2, 0) is 0 Å². The molecule has 1 fully saturated rings. The molecule has 2 N–H and O–H groups in total. The first kappa shape index (κ1) is 16.9. The largest absolute Gasteiger partial charge is 0.457 e. The van der Waals surface area contributed by atoms with Crippen LogP contribution in [0.4, 0.5) is 4.79 Å². The standard InChI is InChI=1S/C21H25N3O2/c1-23(21(25)24(22)15-9-3-2-4-10-15)20-16-11-5-7-13-18(16)26-19-14-8-6-12-17(19)20/h5-8,11-15,20H,2-4,9-10,22H2,1H3. The van der Waals surface area contributed by atoms with Crippen LogP contribution >= 0.6 is 0 Å². The van der Waals surface area contributed by atoms with Crippen molar-refractivity contribution in [2.45, 2.75) is 44.2 Å². The van der Waals surface area contributed by atoms with E-state index in [9.17, 15) is 4.79 Å². The van der Waals surface area contributed by atoms with Gasteiger partial charge in [0.25, 0.3) is 0 Å². The number of hydrogen-bond acceptors (Lipinski definition) is 3. The molecular weight excluding hydrogens is 326 g/mol. The quantitative estimate of drug-likeness (QED) is 0.494. The number of carbonyl (C=O) groups is 1. The number of urea groups is 1. The highest BCUT2D eigenvalue weighted by atomic mass is 16.5. The molecule has 1 aliphatic carbocycles. The minimum Gasteiger partial charge on any atom is -0.457 e. The predicted octanol–water partition coefficient (Wildman–Crippen LogP) is 4.44. The number of fused-ring (bicyclic) bond motifs is 2. The molecule has 1 saturated carbocycles. The zero-order valence-corrected chi connectivity index (χ0v) is 15.1. The van der Waals surface area contributed by atoms with Crippen molar-refractivity contribution in [1.82, 2.24) is 9.91 Å². The molecular formula is C21H25N3O2. The monoisotopic (exact) mass is 351 g/mol. The third-order valence-electron chi connectivity index (χ3n) is 5.53. The van der Waals surface area contributed by atoms with E-state index in [4.69, 9.17) is 10.6 Å². The Hall–Kier alpha value is -2.53. The highest BCUT2D eigenvalue weighted by molar-refractivity contribution is 5.76. The number of ether oxygens (including phenoxy) is 1. The van der Waals surface area contributed by atoms with Crippen molar-refractivity contribution in [2.24, 2.45) is 5.84 Å². The number of hydrazine groups is 1. The van der Waals surface area contributed by atoms with Crippen molar-refractivity contribution in [3.8, 4) is 11.5 Å². The van der Waals surface area contributed by atoms with Gasteiger partial charge in [-0.05, 0) is 25.0 Å². The van der Waals surface area contributed by atoms with Gasteiger partial charge in [0.15, 0.2) is 0 Å². The van der Waals surface area contributed by atoms with Gasteiger partial charge in [0, 0.05) is 24.2 Å². The Morgan fingerprint density at radius 3 is 2.08 bits per heavy atom. The molecule has 2 aromatic rings. The van der Waals surface area contributed by atoms with E-state index in [1.54, 1.807) is 4.90 Å². The van der Waals surface area contributed by atoms with Gasteiger partial charge < -0.3 is 9.64 Å². The number of carbonyl (C=O) groups excluding carboxylic acids is 1. The van der Waals surface area contributed by atoms with Gasteiger partial charge in [0.1, 0.15) is 11.5 Å². The van der Waals surface area contributed by atoms with Crippen molar-refractivity contribution in [3.63, 3.8) is 0 Å². The number of para-hydroxylation sites is 2. The molecule has 1 aliphatic heterocycles. The van der Waals surface area contributed by atoms with E-state index in [1.165, 1.54) is 11.4 Å². The van der Waals surface area contributed by atoms with Gasteiger partial charge in [-0.3, -0.25) is 5.01 Å². The number of benzene rings is 2. The second-order valence-corrected chi connectivity index (χ2v) is 7.17. The van der Waals surface area contributed by atoms with Crippen LogP contribution in [0.5, 0.6) is 11.5 Å². The first-order chi connectivity index (χ1) is 12.7. The Morgan fingerprint density at radius 2 is 1.50 bits per heavy atom. The average Bonchev–Trinajstić information content (AvgIpc) is 2.71. The summed E-state index contributed by atoms with van der Waals surface area (Å²) in [5.74, 6) is 7.83. The molecule has 0 unspecified atom stereocenters. The smallest absolute Gasteiger partial charge is 0.334 e. The van der Waals surface area contributed by atoms with E-state index in [-0.39, 0.29) is 18.1 Å². The van der Waals surface area contributed by atoms with Gasteiger partial charge in [0.2, 0.25) is 0 Å². The lowest BCUT2D eigenvalue weighted by Crippen LogP contribution is -2.52. The molecule has 5 heteroatoms. The van der Waals surface area contributed by atoms with Gasteiger partial charge in [-0.2, -0.15) is 0 Å². The SMILES string of the molecule is CN(C(=O)N(N)C1CCCCC1)C1c2ccccc2Oc2ccccc21. The number of hydrogen-bond donors (Lipinski definition) is 1. The van der Waals surface area contributed by atoms with Gasteiger partial charge in [0.05, 0.1) is 6.04 Å². The van der Waals surface area contributed by atoms with Gasteiger partial charge in [-0.1, -0.05) is 55.7 Å². The van der Waals surface area contributed by atoms with Crippen molar-refractivity contribution in [2.75, 3.05) is 7.05 Å². The molecule has 5 nitrogen and oxygen atoms in total. The normalized spacial score (nSPS) is 17.0. The molecule has 0 atom stereocenters. The van der Waals surface area contributed by atoms with Crippen molar-refractivity contribution in [1.29, 1.82) is 0 Å². The predicted molar refractivity (Wildman–Crippen MR) is 101 cm³/mol. The molecule has 2 aromatic carbocycles. The van der Waals surface area contributed by atoms with Gasteiger partial charge in [-0.15, -0.1) is 0 Å². The summed E-state index contributed by atoms with van der Waals surface area (Å²) >= 11 is 0. The third-order valence-corrected chi connectivity index (χ3v) is 5.53. The lowest BCUT2D eigenvalue weighted by molar-refractivity contribution is 0.118. The summed E-state index contributed by atoms with van der Waals surface area (Å²) in [6.07, 6.45) is 5.47. The number of nitrogens with two attached hydrogens (primary N) is 1. The summed E-state index contributed by atoms with van der Waals surface area (Å²) in [5, 5.41) is 1.44. The van der Waals surface area contributed by atoms with Crippen molar-refractivity contribution in [3.05, 3.63) is 59.7 Å². The summed E-state index contributed by atoms with van der Waals surface area (Å²) in [5.41, 5.74) is 1.97.